The van der Waals surface area contributed by atoms with E-state index in [2.05, 4.69) is 4.74 Å². The molecule has 0 atom stereocenters. The largest absolute Gasteiger partial charge is 0.466 e. The van der Waals surface area contributed by atoms with Crippen LogP contribution in [0.3, 0.4) is 0 Å². The molecule has 5 heteroatoms. The van der Waals surface area contributed by atoms with Crippen LogP contribution in [0.15, 0.2) is 11.8 Å². The fourth-order valence-electron chi connectivity index (χ4n) is 0.707. The molecule has 0 N–H and O–H groups in total. The van der Waals surface area contributed by atoms with Gasteiger partial charge in [-0.1, -0.05) is 0 Å². The van der Waals surface area contributed by atoms with Crippen LogP contribution >= 0.6 is 0 Å². The van der Waals surface area contributed by atoms with Gasteiger partial charge in [-0.25, -0.2) is 0 Å². The maximum absolute atomic E-state index is 10.8. The van der Waals surface area contributed by atoms with Crippen LogP contribution < -0.4 is 0 Å². The van der Waals surface area contributed by atoms with Crippen molar-refractivity contribution in [3.05, 3.63) is 21.9 Å². The van der Waals surface area contributed by atoms with Crippen LogP contribution in [0, 0.1) is 10.1 Å². The first-order valence-corrected chi connectivity index (χ1v) is 4.04. The number of rotatable bonds is 5. The Morgan fingerprint density at radius 1 is 1.62 bits per heavy atom. The molecular formula is C8H13NO4. The SMILES string of the molecule is CCOC(=O)CC/C=C(\C)[N+](=O)[O-]. The quantitative estimate of drug-likeness (QED) is 0.371. The summed E-state index contributed by atoms with van der Waals surface area (Å²) in [6.45, 7) is 3.46. The standard InChI is InChI=1S/C8H13NO4/c1-3-13-8(10)6-4-5-7(2)9(11)12/h5H,3-4,6H2,1-2H3/b7-5+. The van der Waals surface area contributed by atoms with Crippen LogP contribution in [0.2, 0.25) is 0 Å². The van der Waals surface area contributed by atoms with Gasteiger partial charge in [-0.2, -0.15) is 0 Å². The number of allylic oxidation sites excluding steroid dienone is 2. The maximum atomic E-state index is 10.8. The van der Waals surface area contributed by atoms with Crippen LogP contribution in [-0.2, 0) is 9.53 Å². The van der Waals surface area contributed by atoms with Gasteiger partial charge in [0.1, 0.15) is 0 Å². The van der Waals surface area contributed by atoms with Gasteiger partial charge in [-0.3, -0.25) is 14.9 Å². The van der Waals surface area contributed by atoms with E-state index in [-0.39, 0.29) is 18.1 Å². The zero-order valence-electron chi connectivity index (χ0n) is 7.78. The second-order valence-electron chi connectivity index (χ2n) is 2.45. The third-order valence-corrected chi connectivity index (χ3v) is 1.38. The highest BCUT2D eigenvalue weighted by atomic mass is 16.6. The molecule has 5 nitrogen and oxygen atoms in total. The number of hydrogen-bond acceptors (Lipinski definition) is 4. The van der Waals surface area contributed by atoms with Gasteiger partial charge in [0.2, 0.25) is 5.70 Å². The highest BCUT2D eigenvalue weighted by Gasteiger charge is 2.03. The lowest BCUT2D eigenvalue weighted by Gasteiger charge is -1.97. The van der Waals surface area contributed by atoms with Crippen LogP contribution in [0.25, 0.3) is 0 Å². The van der Waals surface area contributed by atoms with Crippen molar-refractivity contribution in [3.63, 3.8) is 0 Å². The minimum atomic E-state index is -0.481. The fourth-order valence-corrected chi connectivity index (χ4v) is 0.707. The first-order chi connectivity index (χ1) is 6.07. The first kappa shape index (κ1) is 11.6. The van der Waals surface area contributed by atoms with E-state index in [9.17, 15) is 14.9 Å². The van der Waals surface area contributed by atoms with Gasteiger partial charge in [0.25, 0.3) is 0 Å². The van der Waals surface area contributed by atoms with E-state index in [1.807, 2.05) is 0 Å². The maximum Gasteiger partial charge on any atom is 0.306 e. The summed E-state index contributed by atoms with van der Waals surface area (Å²) < 4.78 is 4.65. The summed E-state index contributed by atoms with van der Waals surface area (Å²) >= 11 is 0. The van der Waals surface area contributed by atoms with Crippen molar-refractivity contribution < 1.29 is 14.5 Å². The molecule has 13 heavy (non-hydrogen) atoms. The second-order valence-corrected chi connectivity index (χ2v) is 2.45. The molecule has 0 spiro atoms. The molecule has 0 amide bonds. The number of esters is 1. The van der Waals surface area contributed by atoms with Crippen molar-refractivity contribution in [2.24, 2.45) is 0 Å². The van der Waals surface area contributed by atoms with E-state index < -0.39 is 4.92 Å². The van der Waals surface area contributed by atoms with Gasteiger partial charge in [-0.15, -0.1) is 0 Å². The average molecular weight is 187 g/mol. The summed E-state index contributed by atoms with van der Waals surface area (Å²) in [5, 5.41) is 10.1. The second kappa shape index (κ2) is 6.16. The monoisotopic (exact) mass is 187 g/mol. The van der Waals surface area contributed by atoms with E-state index in [4.69, 9.17) is 0 Å². The highest BCUT2D eigenvalue weighted by molar-refractivity contribution is 5.69. The molecule has 0 aromatic rings. The van der Waals surface area contributed by atoms with Crippen molar-refractivity contribution in [3.8, 4) is 0 Å². The molecule has 0 saturated heterocycles. The lowest BCUT2D eigenvalue weighted by molar-refractivity contribution is -0.424. The minimum Gasteiger partial charge on any atom is -0.466 e. The molecule has 0 aliphatic heterocycles. The molecule has 0 aromatic carbocycles. The average Bonchev–Trinajstić information content (AvgIpc) is 2.04. The Morgan fingerprint density at radius 3 is 2.69 bits per heavy atom. The summed E-state index contributed by atoms with van der Waals surface area (Å²) in [6, 6.07) is 0. The summed E-state index contributed by atoms with van der Waals surface area (Å²) in [4.78, 5) is 20.4. The third kappa shape index (κ3) is 5.84. The van der Waals surface area contributed by atoms with Crippen molar-refractivity contribution in [1.82, 2.24) is 0 Å². The van der Waals surface area contributed by atoms with Gasteiger partial charge in [-0.05, 0) is 19.4 Å². The number of ether oxygens (including phenoxy) is 1. The number of hydrogen-bond donors (Lipinski definition) is 0. The normalized spacial score (nSPS) is 11.1. The summed E-state index contributed by atoms with van der Waals surface area (Å²) in [5.74, 6) is -0.324. The molecule has 0 aliphatic rings. The first-order valence-electron chi connectivity index (χ1n) is 4.04. The Labute approximate surface area is 76.5 Å². The lowest BCUT2D eigenvalue weighted by atomic mass is 10.3. The van der Waals surface area contributed by atoms with Crippen molar-refractivity contribution in [2.45, 2.75) is 26.7 Å². The van der Waals surface area contributed by atoms with Gasteiger partial charge in [0, 0.05) is 13.3 Å². The number of carbonyl (C=O) groups excluding carboxylic acids is 1. The van der Waals surface area contributed by atoms with Gasteiger partial charge < -0.3 is 4.74 Å². The van der Waals surface area contributed by atoms with Crippen molar-refractivity contribution in [2.75, 3.05) is 6.61 Å². The van der Waals surface area contributed by atoms with Crippen LogP contribution in [-0.4, -0.2) is 17.5 Å². The van der Waals surface area contributed by atoms with E-state index >= 15 is 0 Å². The van der Waals surface area contributed by atoms with Gasteiger partial charge in [0.05, 0.1) is 11.5 Å². The topological polar surface area (TPSA) is 69.4 Å². The summed E-state index contributed by atoms with van der Waals surface area (Å²) in [5.41, 5.74) is 0.0595. The van der Waals surface area contributed by atoms with Crippen LogP contribution in [0.5, 0.6) is 0 Å². The molecule has 74 valence electrons. The molecule has 0 saturated carbocycles. The molecule has 0 aromatic heterocycles. The number of nitro groups is 1. The van der Waals surface area contributed by atoms with Crippen molar-refractivity contribution >= 4 is 5.97 Å². The number of nitrogens with zero attached hydrogens (tertiary/aromatic N) is 1. The Kier molecular flexibility index (Phi) is 5.50. The van der Waals surface area contributed by atoms with Gasteiger partial charge in [0.15, 0.2) is 0 Å². The zero-order valence-corrected chi connectivity index (χ0v) is 7.78. The Morgan fingerprint density at radius 2 is 2.23 bits per heavy atom. The highest BCUT2D eigenvalue weighted by Crippen LogP contribution is 2.00. The van der Waals surface area contributed by atoms with Gasteiger partial charge >= 0.3 is 5.97 Å². The molecule has 0 unspecified atom stereocenters. The Bertz CT molecular complexity index is 222. The van der Waals surface area contributed by atoms with E-state index in [0.29, 0.717) is 13.0 Å². The predicted octanol–water partition coefficient (Wildman–Crippen LogP) is 1.51. The zero-order chi connectivity index (χ0) is 10.3. The van der Waals surface area contributed by atoms with Crippen molar-refractivity contribution in [1.29, 1.82) is 0 Å². The molecule has 0 aliphatic carbocycles. The molecule has 0 radical (unpaired) electrons. The van der Waals surface area contributed by atoms with E-state index in [0.717, 1.165) is 0 Å². The smallest absolute Gasteiger partial charge is 0.306 e. The van der Waals surface area contributed by atoms with Crippen LogP contribution in [0.4, 0.5) is 0 Å². The Balaban J connectivity index is 3.72. The summed E-state index contributed by atoms with van der Waals surface area (Å²) in [7, 11) is 0. The number of carbonyl (C=O) groups is 1. The molecular weight excluding hydrogens is 174 g/mol. The van der Waals surface area contributed by atoms with E-state index in [1.54, 1.807) is 6.92 Å². The molecule has 0 fully saturated rings. The molecule has 0 bridgehead atoms. The molecule has 0 rings (SSSR count). The Hall–Kier alpha value is -1.39. The summed E-state index contributed by atoms with van der Waals surface area (Å²) in [6.07, 6.45) is 1.96. The van der Waals surface area contributed by atoms with Crippen LogP contribution in [0.1, 0.15) is 26.7 Å². The lowest BCUT2D eigenvalue weighted by Crippen LogP contribution is -2.03. The molecule has 0 heterocycles. The fraction of sp³-hybridized carbons (Fsp3) is 0.625. The third-order valence-electron chi connectivity index (χ3n) is 1.38. The van der Waals surface area contributed by atoms with E-state index in [1.165, 1.54) is 13.0 Å². The minimum absolute atomic E-state index is 0.0595. The predicted molar refractivity (Wildman–Crippen MR) is 46.6 cm³/mol.